The van der Waals surface area contributed by atoms with E-state index in [-0.39, 0.29) is 53.0 Å². The summed E-state index contributed by atoms with van der Waals surface area (Å²) in [5.74, 6) is -4.13. The van der Waals surface area contributed by atoms with Gasteiger partial charge in [-0.15, -0.1) is 0 Å². The zero-order valence-electron chi connectivity index (χ0n) is 32.0. The number of esters is 1. The molecule has 0 atom stereocenters. The molecule has 0 spiro atoms. The number of nitrogens with zero attached hydrogens (tertiary/aromatic N) is 4. The lowest BCUT2D eigenvalue weighted by Gasteiger charge is -2.27. The minimum atomic E-state index is -4.68. The van der Waals surface area contributed by atoms with E-state index in [0.29, 0.717) is 67.0 Å². The van der Waals surface area contributed by atoms with Crippen molar-refractivity contribution in [3.8, 4) is 16.9 Å². The van der Waals surface area contributed by atoms with Crippen molar-refractivity contribution in [2.24, 2.45) is 7.05 Å². The van der Waals surface area contributed by atoms with Gasteiger partial charge >= 0.3 is 5.97 Å². The molecule has 3 heterocycles. The van der Waals surface area contributed by atoms with E-state index in [1.165, 1.54) is 41.0 Å². The van der Waals surface area contributed by atoms with Crippen molar-refractivity contribution < 1.29 is 46.8 Å². The van der Waals surface area contributed by atoms with Crippen molar-refractivity contribution in [3.05, 3.63) is 111 Å². The molecule has 17 heteroatoms. The normalized spacial score (nSPS) is 14.5. The summed E-state index contributed by atoms with van der Waals surface area (Å²) in [4.78, 5) is 13.6. The summed E-state index contributed by atoms with van der Waals surface area (Å²) in [6.45, 7) is 1.60. The van der Waals surface area contributed by atoms with E-state index in [0.717, 1.165) is 5.39 Å². The van der Waals surface area contributed by atoms with Crippen LogP contribution in [0, 0.1) is 11.0 Å². The van der Waals surface area contributed by atoms with Crippen LogP contribution in [0.4, 0.5) is 18.9 Å². The van der Waals surface area contributed by atoms with Gasteiger partial charge in [-0.05, 0) is 73.5 Å². The highest BCUT2D eigenvalue weighted by Gasteiger charge is 2.41. The number of hydrogen-bond donors (Lipinski definition) is 1. The standard InChI is InChI=1S/C41H41ClF3N5O6S.H2O/c1-4-33-37-32(46-48(33)3)23-49(57(53,54)35-14-7-6-12-31(35)47-52)24-41(44,45)19-20-50-38-29(17-18-30(42)36(37)38)28(39(50)40(51)55-5-2)11-9-21-56-34-13-8-10-25-22-26(43)15-16-27(25)34;/h6-8,10,12-18,22H,4-5,9,11,19-21,23-24,47H2,1-3H3;1H2. The average Bonchev–Trinajstić information content (AvgIpc) is 3.66. The van der Waals surface area contributed by atoms with E-state index in [1.54, 1.807) is 55.1 Å². The number of hydrogen-bond acceptors (Lipinski definition) is 7. The predicted octanol–water partition coefficient (Wildman–Crippen LogP) is 6.84. The van der Waals surface area contributed by atoms with Crippen LogP contribution < -0.4 is 10.2 Å². The molecule has 2 aromatic heterocycles. The van der Waals surface area contributed by atoms with Gasteiger partial charge in [0.05, 0.1) is 42.5 Å². The Labute approximate surface area is 338 Å². The Kier molecular flexibility index (Phi) is 12.6. The van der Waals surface area contributed by atoms with Crippen molar-refractivity contribution in [2.75, 3.05) is 19.8 Å². The molecule has 0 bridgehead atoms. The fourth-order valence-corrected chi connectivity index (χ4v) is 9.64. The molecule has 0 saturated carbocycles. The van der Waals surface area contributed by atoms with Crippen LogP contribution in [-0.4, -0.2) is 64.2 Å². The molecule has 7 rings (SSSR count). The highest BCUT2D eigenvalue weighted by Crippen LogP contribution is 2.44. The molecule has 1 aliphatic heterocycles. The average molecular weight is 842 g/mol. The number of benzene rings is 4. The first-order valence-corrected chi connectivity index (χ1v) is 20.4. The molecule has 58 heavy (non-hydrogen) atoms. The van der Waals surface area contributed by atoms with Crippen LogP contribution >= 0.6 is 11.6 Å². The molecule has 0 unspecified atom stereocenters. The Hall–Kier alpha value is -4.97. The number of carbonyl (C=O) groups excluding carboxylic acids is 1. The van der Waals surface area contributed by atoms with E-state index in [4.69, 9.17) is 21.1 Å². The van der Waals surface area contributed by atoms with Gasteiger partial charge in [0.25, 0.3) is 5.92 Å². The van der Waals surface area contributed by atoms with Crippen LogP contribution in [0.5, 0.6) is 5.75 Å². The third-order valence-corrected chi connectivity index (χ3v) is 12.5. The van der Waals surface area contributed by atoms with Gasteiger partial charge in [-0.25, -0.2) is 26.4 Å². The summed E-state index contributed by atoms with van der Waals surface area (Å²) in [5.41, 5.74) is 2.97. The second kappa shape index (κ2) is 17.1. The molecule has 0 aliphatic carbocycles. The molecule has 1 aliphatic rings. The number of ether oxygens (including phenoxy) is 2. The fraction of sp³-hybridized carbons (Fsp3) is 0.317. The van der Waals surface area contributed by atoms with Gasteiger partial charge in [0.2, 0.25) is 10.0 Å². The third kappa shape index (κ3) is 7.92. The number of rotatable bonds is 11. The number of fused-ring (bicyclic) bond motifs is 3. The van der Waals surface area contributed by atoms with Crippen molar-refractivity contribution in [3.63, 3.8) is 0 Å². The van der Waals surface area contributed by atoms with Crippen molar-refractivity contribution in [2.45, 2.75) is 63.4 Å². The lowest BCUT2D eigenvalue weighted by atomic mass is 9.97. The van der Waals surface area contributed by atoms with Gasteiger partial charge in [0, 0.05) is 53.7 Å². The molecular formula is C41H43ClF3N5O7S. The summed E-state index contributed by atoms with van der Waals surface area (Å²) in [7, 11) is -2.99. The molecule has 4 N–H and O–H groups in total. The molecule has 0 amide bonds. The first-order chi connectivity index (χ1) is 27.3. The van der Waals surface area contributed by atoms with Crippen LogP contribution in [0.25, 0.3) is 32.8 Å². The summed E-state index contributed by atoms with van der Waals surface area (Å²) < 4.78 is 90.6. The van der Waals surface area contributed by atoms with Gasteiger partial charge in [-0.2, -0.15) is 9.40 Å². The monoisotopic (exact) mass is 841 g/mol. The molecule has 0 radical (unpaired) electrons. The smallest absolute Gasteiger partial charge is 0.355 e. The Balaban J connectivity index is 0.00000567. The van der Waals surface area contributed by atoms with Gasteiger partial charge < -0.3 is 30.2 Å². The zero-order chi connectivity index (χ0) is 40.6. The van der Waals surface area contributed by atoms with Crippen molar-refractivity contribution >= 4 is 55.0 Å². The number of aromatic nitrogens is 3. The van der Waals surface area contributed by atoms with Crippen molar-refractivity contribution in [1.82, 2.24) is 18.7 Å². The highest BCUT2D eigenvalue weighted by molar-refractivity contribution is 7.89. The zero-order valence-corrected chi connectivity index (χ0v) is 33.6. The second-order valence-electron chi connectivity index (χ2n) is 13.9. The summed E-state index contributed by atoms with van der Waals surface area (Å²) in [6, 6.07) is 18.7. The van der Waals surface area contributed by atoms with Crippen LogP contribution in [0.3, 0.4) is 0 Å². The maximum atomic E-state index is 16.4. The molecule has 0 saturated heterocycles. The first-order valence-electron chi connectivity index (χ1n) is 18.6. The molecule has 0 fully saturated rings. The van der Waals surface area contributed by atoms with E-state index in [9.17, 15) is 22.8 Å². The Bertz CT molecular complexity index is 2610. The number of halogens is 4. The fourth-order valence-electron chi connectivity index (χ4n) is 7.80. The lowest BCUT2D eigenvalue weighted by Crippen LogP contribution is -2.70. The Morgan fingerprint density at radius 3 is 2.53 bits per heavy atom. The summed E-state index contributed by atoms with van der Waals surface area (Å²) in [6.07, 6.45) is 0.257. The summed E-state index contributed by atoms with van der Waals surface area (Å²) >= 11 is 7.08. The molecule has 12 nitrogen and oxygen atoms in total. The summed E-state index contributed by atoms with van der Waals surface area (Å²) in [5, 5.41) is 18.9. The number of sulfonamides is 1. The van der Waals surface area contributed by atoms with E-state index in [2.05, 4.69) is 5.10 Å². The lowest BCUT2D eigenvalue weighted by molar-refractivity contribution is -0.499. The van der Waals surface area contributed by atoms with E-state index in [1.807, 2.05) is 6.92 Å². The van der Waals surface area contributed by atoms with Gasteiger partial charge in [-0.1, -0.05) is 48.9 Å². The number of aryl methyl sites for hydroxylation is 3. The van der Waals surface area contributed by atoms with Crippen molar-refractivity contribution in [1.29, 1.82) is 0 Å². The Morgan fingerprint density at radius 2 is 1.79 bits per heavy atom. The third-order valence-electron chi connectivity index (χ3n) is 10.3. The van der Waals surface area contributed by atoms with Crippen LogP contribution in [0.15, 0.2) is 77.7 Å². The Morgan fingerprint density at radius 1 is 1.03 bits per heavy atom. The minimum Gasteiger partial charge on any atom is -0.630 e. The maximum Gasteiger partial charge on any atom is 0.355 e. The topological polar surface area (TPSA) is 167 Å². The number of alkyl halides is 2. The maximum absolute atomic E-state index is 16.4. The number of carbonyl (C=O) groups is 1. The predicted molar refractivity (Wildman–Crippen MR) is 214 cm³/mol. The largest absolute Gasteiger partial charge is 0.630 e. The molecule has 6 aromatic rings. The second-order valence-corrected chi connectivity index (χ2v) is 16.2. The molecule has 4 aromatic carbocycles. The van der Waals surface area contributed by atoms with E-state index >= 15 is 8.78 Å². The highest BCUT2D eigenvalue weighted by atomic mass is 35.5. The van der Waals surface area contributed by atoms with Crippen LogP contribution in [-0.2, 0) is 47.7 Å². The van der Waals surface area contributed by atoms with Gasteiger partial charge in [-0.3, -0.25) is 4.68 Å². The van der Waals surface area contributed by atoms with E-state index < -0.39 is 52.9 Å². The SMILES string of the molecule is CCOC(=O)c1c(CCCOc2cccc3cc(F)ccc23)c2ccc(Cl)c3c2n1CCC(F)(F)CN(S(=O)(=O)c1ccccc1[NH2+][O-])Cc1nn(C)c(CC)c1-3.O. The minimum absolute atomic E-state index is 0. The first kappa shape index (κ1) is 42.6. The number of nitrogens with two attached hydrogens (primary N) is 1. The van der Waals surface area contributed by atoms with Gasteiger partial charge in [0.15, 0.2) is 0 Å². The molecular weight excluding hydrogens is 799 g/mol. The molecule has 308 valence electrons. The van der Waals surface area contributed by atoms with Gasteiger partial charge in [0.1, 0.15) is 27.8 Å². The quantitative estimate of drug-likeness (QED) is 0.0646. The van der Waals surface area contributed by atoms with Crippen LogP contribution in [0.2, 0.25) is 5.02 Å². The van der Waals surface area contributed by atoms with Crippen LogP contribution in [0.1, 0.15) is 54.1 Å². The number of quaternary nitrogens is 1.